The van der Waals surface area contributed by atoms with E-state index in [0.717, 1.165) is 23.2 Å². The van der Waals surface area contributed by atoms with Gasteiger partial charge in [0, 0.05) is 56.5 Å². The molecule has 1 aliphatic carbocycles. The van der Waals surface area contributed by atoms with E-state index in [1.807, 2.05) is 12.1 Å². The second kappa shape index (κ2) is 21.3. The average Bonchev–Trinajstić information content (AvgIpc) is 3.67. The molecule has 0 spiro atoms. The minimum atomic E-state index is -2.95. The summed E-state index contributed by atoms with van der Waals surface area (Å²) in [6.45, 7) is 3.59. The van der Waals surface area contributed by atoms with Gasteiger partial charge in [0.05, 0.1) is 44.0 Å². The van der Waals surface area contributed by atoms with Gasteiger partial charge in [0.1, 0.15) is 24.7 Å². The Hall–Kier alpha value is -7.10. The molecule has 1 saturated heterocycles. The van der Waals surface area contributed by atoms with Gasteiger partial charge in [-0.05, 0) is 72.2 Å². The number of hydrogen-bond donors (Lipinski definition) is 5. The van der Waals surface area contributed by atoms with E-state index in [1.165, 1.54) is 34.9 Å². The molecule has 1 saturated carbocycles. The minimum absolute atomic E-state index is 0.0368. The second-order valence-corrected chi connectivity index (χ2v) is 15.9. The van der Waals surface area contributed by atoms with E-state index in [1.54, 1.807) is 48.7 Å². The van der Waals surface area contributed by atoms with Gasteiger partial charge >= 0.3 is 6.09 Å². The monoisotopic (exact) mass is 910 g/mol. The van der Waals surface area contributed by atoms with Crippen LogP contribution in [0.4, 0.5) is 25.1 Å². The van der Waals surface area contributed by atoms with Crippen molar-refractivity contribution in [2.45, 2.75) is 57.8 Å². The van der Waals surface area contributed by atoms with Crippen LogP contribution in [0.5, 0.6) is 0 Å². The number of nitrogens with one attached hydrogen (secondary N) is 5. The molecule has 2 aromatic carbocycles. The van der Waals surface area contributed by atoms with Crippen LogP contribution in [-0.2, 0) is 43.4 Å². The molecule has 8 rings (SSSR count). The third-order valence-corrected chi connectivity index (χ3v) is 11.0. The number of imide groups is 1. The summed E-state index contributed by atoms with van der Waals surface area (Å²) in [5.41, 5.74) is 3.22. The fourth-order valence-corrected chi connectivity index (χ4v) is 7.33. The van der Waals surface area contributed by atoms with Crippen LogP contribution in [0.3, 0.4) is 0 Å². The maximum absolute atomic E-state index is 14.0. The summed E-state index contributed by atoms with van der Waals surface area (Å²) in [7, 11) is 0. The number of benzene rings is 2. The molecule has 2 aliphatic heterocycles. The molecular formula is C45H48F2N10O9. The number of carbonyl (C=O) groups is 5. The molecule has 0 radical (unpaired) electrons. The van der Waals surface area contributed by atoms with Gasteiger partial charge in [-0.15, -0.1) is 0 Å². The van der Waals surface area contributed by atoms with Crippen LogP contribution >= 0.6 is 0 Å². The van der Waals surface area contributed by atoms with Gasteiger partial charge in [0.15, 0.2) is 11.4 Å². The van der Waals surface area contributed by atoms with Crippen molar-refractivity contribution in [3.63, 3.8) is 0 Å². The zero-order valence-electron chi connectivity index (χ0n) is 35.7. The van der Waals surface area contributed by atoms with E-state index in [0.29, 0.717) is 61.5 Å². The highest BCUT2D eigenvalue weighted by atomic mass is 19.3. The first kappa shape index (κ1) is 45.5. The molecule has 66 heavy (non-hydrogen) atoms. The summed E-state index contributed by atoms with van der Waals surface area (Å²) < 4.78 is 51.1. The van der Waals surface area contributed by atoms with Gasteiger partial charge < -0.3 is 44.8 Å². The number of anilines is 2. The van der Waals surface area contributed by atoms with Crippen molar-refractivity contribution in [1.82, 2.24) is 40.6 Å². The molecule has 5 N–H and O–H groups in total. The molecule has 1 unspecified atom stereocenters. The number of carbonyl (C=O) groups excluding carboxylic acids is 5. The maximum Gasteiger partial charge on any atom is 0.407 e. The third kappa shape index (κ3) is 11.8. The zero-order chi connectivity index (χ0) is 46.0. The predicted molar refractivity (Wildman–Crippen MR) is 231 cm³/mol. The largest absolute Gasteiger partial charge is 0.447 e. The SMILES string of the molecule is O=C1CCC(N2Cc3cc(CNC(=O)OCCOCCOCCNCc4ccc(-n5cc(NC(=O)c6coc(-c7ccnc(NCC8CC8)c7)n6)c(C(F)F)n5)cc4)ccc3C2=O)C(=O)N1. The second-order valence-electron chi connectivity index (χ2n) is 15.9. The Morgan fingerprint density at radius 3 is 2.50 bits per heavy atom. The number of ether oxygens (including phenoxy) is 3. The van der Waals surface area contributed by atoms with Gasteiger partial charge in [0.25, 0.3) is 18.2 Å². The number of alkyl carbamates (subject to hydrolysis) is 1. The Bertz CT molecular complexity index is 2550. The van der Waals surface area contributed by atoms with Crippen LogP contribution in [0.2, 0.25) is 0 Å². The fraction of sp³-hybridized carbons (Fsp3) is 0.378. The Morgan fingerprint density at radius 2 is 1.71 bits per heavy atom. The van der Waals surface area contributed by atoms with Gasteiger partial charge in [-0.3, -0.25) is 24.5 Å². The predicted octanol–water partition coefficient (Wildman–Crippen LogP) is 4.74. The van der Waals surface area contributed by atoms with Crippen molar-refractivity contribution >= 4 is 41.2 Å². The minimum Gasteiger partial charge on any atom is -0.447 e. The summed E-state index contributed by atoms with van der Waals surface area (Å²) in [5.74, 6) is -0.300. The Balaban J connectivity index is 0.681. The first-order valence-corrected chi connectivity index (χ1v) is 21.6. The van der Waals surface area contributed by atoms with Gasteiger partial charge in [-0.1, -0.05) is 24.3 Å². The smallest absolute Gasteiger partial charge is 0.407 e. The van der Waals surface area contributed by atoms with E-state index < -0.39 is 36.1 Å². The number of aromatic nitrogens is 4. The number of nitrogens with zero attached hydrogens (tertiary/aromatic N) is 5. The Labute approximate surface area is 377 Å². The molecule has 2 fully saturated rings. The molecule has 1 atom stereocenters. The molecular weight excluding hydrogens is 863 g/mol. The lowest BCUT2D eigenvalue weighted by Gasteiger charge is -2.29. The molecule has 0 bridgehead atoms. The van der Waals surface area contributed by atoms with Crippen molar-refractivity contribution in [2.24, 2.45) is 5.92 Å². The summed E-state index contributed by atoms with van der Waals surface area (Å²) in [6, 6.07) is 15.1. The van der Waals surface area contributed by atoms with Gasteiger partial charge in [0.2, 0.25) is 17.7 Å². The molecule has 5 aromatic rings. The van der Waals surface area contributed by atoms with Crippen molar-refractivity contribution < 1.29 is 51.4 Å². The maximum atomic E-state index is 14.0. The number of pyridine rings is 1. The normalized spacial score (nSPS) is 15.8. The standard InChI is InChI=1S/C45H48F2N10O9/c46-40(47)39-34(52-41(59)35-26-66-43(53-35)30-11-12-49-37(20-30)50-22-28-1-2-28)25-57(55-39)32-6-3-27(4-7-32)21-48-13-14-63-15-16-64-17-18-65-45(62)51-23-29-5-8-33-31(19-29)24-56(44(33)61)36-9-10-38(58)54-42(36)60/h3-8,11-12,19-20,25-26,28,36,40,48H,1-2,9-10,13-18,21-24H2,(H,49,50)(H,51,62)(H,52,59)(H,54,58,60). The Kier molecular flexibility index (Phi) is 14.6. The lowest BCUT2D eigenvalue weighted by atomic mass is 10.0. The summed E-state index contributed by atoms with van der Waals surface area (Å²) in [5, 5.41) is 18.0. The van der Waals surface area contributed by atoms with Crippen LogP contribution in [0.1, 0.15) is 75.3 Å². The van der Waals surface area contributed by atoms with Gasteiger partial charge in [-0.2, -0.15) is 5.10 Å². The summed E-state index contributed by atoms with van der Waals surface area (Å²) in [4.78, 5) is 72.0. The first-order valence-electron chi connectivity index (χ1n) is 21.6. The topological polar surface area (TPSA) is 233 Å². The molecule has 3 aromatic heterocycles. The molecule has 346 valence electrons. The van der Waals surface area contributed by atoms with E-state index in [-0.39, 0.29) is 68.2 Å². The Morgan fingerprint density at radius 1 is 0.924 bits per heavy atom. The van der Waals surface area contributed by atoms with Gasteiger partial charge in [-0.25, -0.2) is 28.2 Å². The molecule has 19 nitrogen and oxygen atoms in total. The molecule has 3 aliphatic rings. The van der Waals surface area contributed by atoms with E-state index in [2.05, 4.69) is 41.7 Å². The molecule has 5 amide bonds. The zero-order valence-corrected chi connectivity index (χ0v) is 35.7. The number of piperidine rings is 1. The van der Waals surface area contributed by atoms with Crippen LogP contribution in [0.15, 0.2) is 77.7 Å². The van der Waals surface area contributed by atoms with Crippen molar-refractivity contribution in [3.8, 4) is 17.1 Å². The number of rotatable bonds is 22. The highest BCUT2D eigenvalue weighted by Gasteiger charge is 2.39. The van der Waals surface area contributed by atoms with Crippen LogP contribution in [0, 0.1) is 5.92 Å². The van der Waals surface area contributed by atoms with Crippen LogP contribution in [0.25, 0.3) is 17.1 Å². The quantitative estimate of drug-likeness (QED) is 0.0466. The number of amides is 5. The lowest BCUT2D eigenvalue weighted by molar-refractivity contribution is -0.136. The fourth-order valence-electron chi connectivity index (χ4n) is 7.33. The lowest BCUT2D eigenvalue weighted by Crippen LogP contribution is -2.52. The van der Waals surface area contributed by atoms with E-state index in [4.69, 9.17) is 18.6 Å². The summed E-state index contributed by atoms with van der Waals surface area (Å²) in [6.07, 6.45) is 3.38. The van der Waals surface area contributed by atoms with Crippen molar-refractivity contribution in [2.75, 3.05) is 56.8 Å². The highest BCUT2D eigenvalue weighted by molar-refractivity contribution is 6.05. The number of hydrogen-bond acceptors (Lipinski definition) is 14. The number of oxazole rings is 1. The number of alkyl halides is 2. The summed E-state index contributed by atoms with van der Waals surface area (Å²) >= 11 is 0. The van der Waals surface area contributed by atoms with Crippen molar-refractivity contribution in [3.05, 3.63) is 107 Å². The molecule has 21 heteroatoms. The van der Waals surface area contributed by atoms with E-state index in [9.17, 15) is 32.8 Å². The average molecular weight is 911 g/mol. The highest BCUT2D eigenvalue weighted by Crippen LogP contribution is 2.31. The van der Waals surface area contributed by atoms with Crippen molar-refractivity contribution in [1.29, 1.82) is 0 Å². The van der Waals surface area contributed by atoms with Crippen LogP contribution in [-0.4, -0.2) is 107 Å². The third-order valence-electron chi connectivity index (χ3n) is 11.0. The van der Waals surface area contributed by atoms with E-state index >= 15 is 0 Å². The first-order chi connectivity index (χ1) is 32.1. The molecule has 5 heterocycles. The van der Waals surface area contributed by atoms with Crippen LogP contribution < -0.4 is 26.6 Å². The number of halogens is 2. The number of fused-ring (bicyclic) bond motifs is 1.